The van der Waals surface area contributed by atoms with Gasteiger partial charge in [-0.3, -0.25) is 4.99 Å². The van der Waals surface area contributed by atoms with E-state index in [1.54, 1.807) is 0 Å². The first kappa shape index (κ1) is 10.5. The molecule has 0 bridgehead atoms. The highest BCUT2D eigenvalue weighted by Gasteiger charge is 2.20. The number of nitrogens with one attached hydrogen (secondary N) is 1. The summed E-state index contributed by atoms with van der Waals surface area (Å²) in [6, 6.07) is 10.3. The second kappa shape index (κ2) is 4.34. The maximum absolute atomic E-state index is 4.64. The van der Waals surface area contributed by atoms with Gasteiger partial charge in [-0.2, -0.15) is 0 Å². The Morgan fingerprint density at radius 3 is 2.88 bits per heavy atom. The van der Waals surface area contributed by atoms with Crippen molar-refractivity contribution in [3.63, 3.8) is 0 Å². The lowest BCUT2D eigenvalue weighted by atomic mass is 10.0. The van der Waals surface area contributed by atoms with Crippen molar-refractivity contribution in [3.05, 3.63) is 47.2 Å². The maximum atomic E-state index is 4.64. The molecule has 1 N–H and O–H groups in total. The summed E-state index contributed by atoms with van der Waals surface area (Å²) in [5, 5.41) is 3.50. The lowest BCUT2D eigenvalue weighted by molar-refractivity contribution is 0.341. The maximum Gasteiger partial charge on any atom is 0.132 e. The number of amidine groups is 1. The molecule has 3 heteroatoms. The van der Waals surface area contributed by atoms with Crippen LogP contribution in [0.2, 0.25) is 0 Å². The van der Waals surface area contributed by atoms with Gasteiger partial charge in [-0.25, -0.2) is 0 Å². The molecule has 1 aromatic carbocycles. The standard InChI is InChI=1S/C14H17N3/c1-17-8-7-13-12(10-17)9-15-14(16-13)11-5-3-2-4-6-11/h2-6H,7-10H2,1H3,(H,15,16). The van der Waals surface area contributed by atoms with E-state index in [1.165, 1.54) is 16.8 Å². The van der Waals surface area contributed by atoms with Crippen LogP contribution in [0, 0.1) is 0 Å². The van der Waals surface area contributed by atoms with E-state index in [0.29, 0.717) is 0 Å². The Labute approximate surface area is 102 Å². The van der Waals surface area contributed by atoms with Gasteiger partial charge in [0, 0.05) is 30.8 Å². The third kappa shape index (κ3) is 2.11. The van der Waals surface area contributed by atoms with Gasteiger partial charge >= 0.3 is 0 Å². The van der Waals surface area contributed by atoms with E-state index >= 15 is 0 Å². The average molecular weight is 227 g/mol. The normalized spacial score (nSPS) is 20.6. The summed E-state index contributed by atoms with van der Waals surface area (Å²) in [5.41, 5.74) is 4.01. The molecule has 0 radical (unpaired) electrons. The lowest BCUT2D eigenvalue weighted by Gasteiger charge is -2.31. The molecule has 0 fully saturated rings. The largest absolute Gasteiger partial charge is 0.343 e. The van der Waals surface area contributed by atoms with Gasteiger partial charge in [-0.05, 0) is 12.6 Å². The third-order valence-electron chi connectivity index (χ3n) is 3.38. The van der Waals surface area contributed by atoms with Crippen LogP contribution in [-0.2, 0) is 0 Å². The van der Waals surface area contributed by atoms with Gasteiger partial charge in [0.2, 0.25) is 0 Å². The van der Waals surface area contributed by atoms with Gasteiger partial charge in [-0.15, -0.1) is 0 Å². The van der Waals surface area contributed by atoms with Gasteiger partial charge in [0.1, 0.15) is 5.84 Å². The van der Waals surface area contributed by atoms with Crippen LogP contribution in [0.1, 0.15) is 12.0 Å². The Morgan fingerprint density at radius 2 is 2.06 bits per heavy atom. The van der Waals surface area contributed by atoms with Crippen molar-refractivity contribution < 1.29 is 0 Å². The smallest absolute Gasteiger partial charge is 0.132 e. The van der Waals surface area contributed by atoms with Crippen molar-refractivity contribution in [2.75, 3.05) is 26.7 Å². The summed E-state index contributed by atoms with van der Waals surface area (Å²) in [6.45, 7) is 3.03. The van der Waals surface area contributed by atoms with Gasteiger partial charge in [0.05, 0.1) is 6.54 Å². The van der Waals surface area contributed by atoms with E-state index in [0.717, 1.165) is 31.9 Å². The van der Waals surface area contributed by atoms with Crippen molar-refractivity contribution in [2.45, 2.75) is 6.42 Å². The minimum atomic E-state index is 0.844. The molecule has 0 unspecified atom stereocenters. The predicted molar refractivity (Wildman–Crippen MR) is 70.1 cm³/mol. The monoisotopic (exact) mass is 227 g/mol. The zero-order chi connectivity index (χ0) is 11.7. The van der Waals surface area contributed by atoms with E-state index < -0.39 is 0 Å². The van der Waals surface area contributed by atoms with Crippen LogP contribution in [0.5, 0.6) is 0 Å². The Morgan fingerprint density at radius 1 is 1.24 bits per heavy atom. The number of aliphatic imine (C=N–C) groups is 1. The molecular weight excluding hydrogens is 210 g/mol. The molecule has 0 amide bonds. The summed E-state index contributed by atoms with van der Waals surface area (Å²) < 4.78 is 0. The average Bonchev–Trinajstić information content (AvgIpc) is 2.39. The van der Waals surface area contributed by atoms with Gasteiger partial charge in [0.25, 0.3) is 0 Å². The molecule has 1 aromatic rings. The molecule has 88 valence electrons. The SMILES string of the molecule is CN1CCC2=C(CN=C(c3ccccc3)N2)C1. The van der Waals surface area contributed by atoms with Crippen molar-refractivity contribution in [2.24, 2.45) is 4.99 Å². The molecule has 0 aromatic heterocycles. The molecule has 0 aliphatic carbocycles. The number of rotatable bonds is 1. The summed E-state index contributed by atoms with van der Waals surface area (Å²) >= 11 is 0. The first-order valence-electron chi connectivity index (χ1n) is 6.09. The van der Waals surface area contributed by atoms with Crippen LogP contribution in [0.25, 0.3) is 0 Å². The summed E-state index contributed by atoms with van der Waals surface area (Å²) in [7, 11) is 2.17. The van der Waals surface area contributed by atoms with Crippen molar-refractivity contribution in [1.82, 2.24) is 10.2 Å². The zero-order valence-electron chi connectivity index (χ0n) is 10.1. The van der Waals surface area contributed by atoms with Gasteiger partial charge in [-0.1, -0.05) is 30.3 Å². The molecule has 17 heavy (non-hydrogen) atoms. The molecule has 3 nitrogen and oxygen atoms in total. The van der Waals surface area contributed by atoms with Crippen LogP contribution >= 0.6 is 0 Å². The first-order valence-corrected chi connectivity index (χ1v) is 6.09. The van der Waals surface area contributed by atoms with E-state index in [1.807, 2.05) is 6.07 Å². The van der Waals surface area contributed by atoms with Crippen LogP contribution in [0.15, 0.2) is 46.6 Å². The lowest BCUT2D eigenvalue weighted by Crippen LogP contribution is -2.38. The number of benzene rings is 1. The molecule has 0 atom stereocenters. The quantitative estimate of drug-likeness (QED) is 0.789. The van der Waals surface area contributed by atoms with Crippen molar-refractivity contribution >= 4 is 5.84 Å². The molecule has 0 spiro atoms. The number of likely N-dealkylation sites (N-methyl/N-ethyl adjacent to an activating group) is 1. The molecule has 0 saturated carbocycles. The highest BCUT2D eigenvalue weighted by atomic mass is 15.1. The van der Waals surface area contributed by atoms with Crippen LogP contribution < -0.4 is 5.32 Å². The summed E-state index contributed by atoms with van der Waals surface area (Å²) in [5.74, 6) is 1.02. The van der Waals surface area contributed by atoms with E-state index in [4.69, 9.17) is 0 Å². The molecule has 2 aliphatic heterocycles. The minimum Gasteiger partial charge on any atom is -0.343 e. The van der Waals surface area contributed by atoms with Crippen molar-refractivity contribution in [3.8, 4) is 0 Å². The van der Waals surface area contributed by atoms with E-state index in [2.05, 4.69) is 46.5 Å². The summed E-state index contributed by atoms with van der Waals surface area (Å²) in [4.78, 5) is 6.99. The third-order valence-corrected chi connectivity index (χ3v) is 3.38. The zero-order valence-corrected chi connectivity index (χ0v) is 10.1. The number of hydrogen-bond donors (Lipinski definition) is 1. The Bertz CT molecular complexity index is 474. The van der Waals surface area contributed by atoms with E-state index in [-0.39, 0.29) is 0 Å². The summed E-state index contributed by atoms with van der Waals surface area (Å²) in [6.07, 6.45) is 1.11. The molecule has 2 aliphatic rings. The van der Waals surface area contributed by atoms with Gasteiger partial charge < -0.3 is 10.2 Å². The topological polar surface area (TPSA) is 27.6 Å². The van der Waals surface area contributed by atoms with Crippen molar-refractivity contribution in [1.29, 1.82) is 0 Å². The molecule has 3 rings (SSSR count). The van der Waals surface area contributed by atoms with Gasteiger partial charge in [0.15, 0.2) is 0 Å². The highest BCUT2D eigenvalue weighted by Crippen LogP contribution is 2.19. The fraction of sp³-hybridized carbons (Fsp3) is 0.357. The Hall–Kier alpha value is -1.61. The second-order valence-corrected chi connectivity index (χ2v) is 4.73. The fourth-order valence-corrected chi connectivity index (χ4v) is 2.39. The number of nitrogens with zero attached hydrogens (tertiary/aromatic N) is 2. The predicted octanol–water partition coefficient (Wildman–Crippen LogP) is 1.63. The molecular formula is C14H17N3. The second-order valence-electron chi connectivity index (χ2n) is 4.73. The van der Waals surface area contributed by atoms with Crippen LogP contribution in [0.4, 0.5) is 0 Å². The highest BCUT2D eigenvalue weighted by molar-refractivity contribution is 6.00. The van der Waals surface area contributed by atoms with Crippen LogP contribution in [-0.4, -0.2) is 37.4 Å². The minimum absolute atomic E-state index is 0.844. The number of hydrogen-bond acceptors (Lipinski definition) is 3. The van der Waals surface area contributed by atoms with E-state index in [9.17, 15) is 0 Å². The first-order chi connectivity index (χ1) is 8.33. The Balaban J connectivity index is 1.81. The Kier molecular flexibility index (Phi) is 2.69. The fourth-order valence-electron chi connectivity index (χ4n) is 2.39. The molecule has 2 heterocycles. The van der Waals surface area contributed by atoms with Crippen LogP contribution in [0.3, 0.4) is 0 Å². The molecule has 0 saturated heterocycles.